The topological polar surface area (TPSA) is 38.9 Å². The van der Waals surface area contributed by atoms with Gasteiger partial charge in [-0.1, -0.05) is 11.6 Å². The molecule has 12 heavy (non-hydrogen) atoms. The fourth-order valence-electron chi connectivity index (χ4n) is 0.853. The summed E-state index contributed by atoms with van der Waals surface area (Å²) in [5, 5.41) is 2.52. The van der Waals surface area contributed by atoms with Crippen molar-refractivity contribution in [3.63, 3.8) is 0 Å². The highest BCUT2D eigenvalue weighted by Crippen LogP contribution is 2.31. The standard InChI is InChI=1S/C7H5ClN2S2/c8-6-2-1-5(12-6)4-3-11-7(9)10-4/h1-3H,(H2,9,10). The van der Waals surface area contributed by atoms with E-state index in [9.17, 15) is 0 Å². The Morgan fingerprint density at radius 1 is 1.42 bits per heavy atom. The van der Waals surface area contributed by atoms with Crippen molar-refractivity contribution < 1.29 is 0 Å². The number of aromatic nitrogens is 1. The quantitative estimate of drug-likeness (QED) is 0.796. The van der Waals surface area contributed by atoms with E-state index in [4.69, 9.17) is 17.3 Å². The van der Waals surface area contributed by atoms with Crippen molar-refractivity contribution in [3.05, 3.63) is 21.8 Å². The molecule has 0 atom stereocenters. The summed E-state index contributed by atoms with van der Waals surface area (Å²) in [5.41, 5.74) is 6.41. The maximum absolute atomic E-state index is 5.78. The normalized spacial score (nSPS) is 10.4. The summed E-state index contributed by atoms with van der Waals surface area (Å²) in [6.07, 6.45) is 0. The average Bonchev–Trinajstić information content (AvgIpc) is 2.58. The van der Waals surface area contributed by atoms with E-state index in [2.05, 4.69) is 4.98 Å². The first-order valence-corrected chi connectivity index (χ1v) is 5.30. The molecule has 0 fully saturated rings. The van der Waals surface area contributed by atoms with Gasteiger partial charge in [0.15, 0.2) is 5.13 Å². The lowest BCUT2D eigenvalue weighted by Gasteiger charge is -1.85. The number of hydrogen-bond acceptors (Lipinski definition) is 4. The molecule has 2 aromatic heterocycles. The van der Waals surface area contributed by atoms with Crippen LogP contribution in [0.1, 0.15) is 0 Å². The number of nitrogen functional groups attached to an aromatic ring is 1. The van der Waals surface area contributed by atoms with Gasteiger partial charge in [-0.05, 0) is 12.1 Å². The molecule has 0 saturated carbocycles. The predicted molar refractivity (Wildman–Crippen MR) is 54.8 cm³/mol. The first-order valence-electron chi connectivity index (χ1n) is 3.22. The van der Waals surface area contributed by atoms with Crippen LogP contribution in [0.4, 0.5) is 5.13 Å². The van der Waals surface area contributed by atoms with Crippen LogP contribution in [0.2, 0.25) is 4.34 Å². The van der Waals surface area contributed by atoms with Crippen LogP contribution in [-0.4, -0.2) is 4.98 Å². The summed E-state index contributed by atoms with van der Waals surface area (Å²) in [4.78, 5) is 5.21. The van der Waals surface area contributed by atoms with E-state index in [1.54, 1.807) is 0 Å². The minimum absolute atomic E-state index is 0.592. The van der Waals surface area contributed by atoms with E-state index in [1.165, 1.54) is 22.7 Å². The van der Waals surface area contributed by atoms with Crippen molar-refractivity contribution in [3.8, 4) is 10.6 Å². The molecule has 0 spiro atoms. The van der Waals surface area contributed by atoms with Crippen molar-refractivity contribution in [1.29, 1.82) is 0 Å². The van der Waals surface area contributed by atoms with Crippen LogP contribution in [0.15, 0.2) is 17.5 Å². The Bertz CT molecular complexity index is 355. The molecule has 2 heterocycles. The van der Waals surface area contributed by atoms with Gasteiger partial charge in [-0.3, -0.25) is 0 Å². The second kappa shape index (κ2) is 3.05. The average molecular weight is 217 g/mol. The highest BCUT2D eigenvalue weighted by molar-refractivity contribution is 7.20. The molecular weight excluding hydrogens is 212 g/mol. The number of hydrogen-bond donors (Lipinski definition) is 1. The first-order chi connectivity index (χ1) is 5.75. The third-order valence-electron chi connectivity index (χ3n) is 1.35. The van der Waals surface area contributed by atoms with Crippen LogP contribution in [0.25, 0.3) is 10.6 Å². The maximum Gasteiger partial charge on any atom is 0.180 e. The zero-order valence-electron chi connectivity index (χ0n) is 5.95. The van der Waals surface area contributed by atoms with Gasteiger partial charge >= 0.3 is 0 Å². The third-order valence-corrected chi connectivity index (χ3v) is 3.28. The molecule has 0 aliphatic carbocycles. The second-order valence-corrected chi connectivity index (χ2v) is 4.78. The summed E-state index contributed by atoms with van der Waals surface area (Å²) in [6.45, 7) is 0. The lowest BCUT2D eigenvalue weighted by molar-refractivity contribution is 1.43. The molecule has 0 unspecified atom stereocenters. The van der Waals surface area contributed by atoms with Crippen LogP contribution in [0.3, 0.4) is 0 Å². The second-order valence-electron chi connectivity index (χ2n) is 2.17. The summed E-state index contributed by atoms with van der Waals surface area (Å²) < 4.78 is 0.775. The minimum atomic E-state index is 0.592. The van der Waals surface area contributed by atoms with Gasteiger partial charge in [0.25, 0.3) is 0 Å². The Labute approximate surface area is 82.6 Å². The highest BCUT2D eigenvalue weighted by atomic mass is 35.5. The van der Waals surface area contributed by atoms with Crippen LogP contribution in [0, 0.1) is 0 Å². The van der Waals surface area contributed by atoms with Crippen molar-refractivity contribution in [2.45, 2.75) is 0 Å². The summed E-state index contributed by atoms with van der Waals surface area (Å²) in [6, 6.07) is 3.80. The van der Waals surface area contributed by atoms with E-state index >= 15 is 0 Å². The van der Waals surface area contributed by atoms with E-state index in [1.807, 2.05) is 17.5 Å². The minimum Gasteiger partial charge on any atom is -0.375 e. The third kappa shape index (κ3) is 1.46. The van der Waals surface area contributed by atoms with Crippen LogP contribution in [-0.2, 0) is 0 Å². The van der Waals surface area contributed by atoms with Gasteiger partial charge in [0.2, 0.25) is 0 Å². The maximum atomic E-state index is 5.78. The fourth-order valence-corrected chi connectivity index (χ4v) is 2.49. The largest absolute Gasteiger partial charge is 0.375 e. The number of anilines is 1. The summed E-state index contributed by atoms with van der Waals surface area (Å²) in [7, 11) is 0. The molecule has 2 N–H and O–H groups in total. The lowest BCUT2D eigenvalue weighted by Crippen LogP contribution is -1.80. The van der Waals surface area contributed by atoms with Crippen molar-refractivity contribution in [1.82, 2.24) is 4.98 Å². The zero-order chi connectivity index (χ0) is 8.55. The molecule has 0 radical (unpaired) electrons. The highest BCUT2D eigenvalue weighted by Gasteiger charge is 2.04. The molecule has 2 nitrogen and oxygen atoms in total. The number of nitrogens with zero attached hydrogens (tertiary/aromatic N) is 1. The number of thiazole rings is 1. The van der Waals surface area contributed by atoms with Gasteiger partial charge in [-0.2, -0.15) is 0 Å². The van der Waals surface area contributed by atoms with Crippen molar-refractivity contribution in [2.24, 2.45) is 0 Å². The molecule has 2 rings (SSSR count). The lowest BCUT2D eigenvalue weighted by atomic mass is 10.4. The molecule has 0 aliphatic rings. The SMILES string of the molecule is Nc1nc(-c2ccc(Cl)s2)cs1. The monoisotopic (exact) mass is 216 g/mol. The zero-order valence-corrected chi connectivity index (χ0v) is 8.34. The van der Waals surface area contributed by atoms with Gasteiger partial charge in [0.05, 0.1) is 14.9 Å². The molecule has 0 aromatic carbocycles. The number of thiophene rings is 1. The Morgan fingerprint density at radius 3 is 2.75 bits per heavy atom. The number of halogens is 1. The summed E-state index contributed by atoms with van der Waals surface area (Å²) in [5.74, 6) is 0. The Balaban J connectivity index is 2.43. The van der Waals surface area contributed by atoms with E-state index in [-0.39, 0.29) is 0 Å². The van der Waals surface area contributed by atoms with Crippen LogP contribution in [0.5, 0.6) is 0 Å². The molecule has 0 aliphatic heterocycles. The van der Waals surface area contributed by atoms with Crippen LogP contribution >= 0.6 is 34.3 Å². The van der Waals surface area contributed by atoms with Gasteiger partial charge < -0.3 is 5.73 Å². The smallest absolute Gasteiger partial charge is 0.180 e. The summed E-state index contributed by atoms with van der Waals surface area (Å²) >= 11 is 8.73. The van der Waals surface area contributed by atoms with E-state index < -0.39 is 0 Å². The Hall–Kier alpha value is -0.580. The van der Waals surface area contributed by atoms with Gasteiger partial charge in [0, 0.05) is 5.38 Å². The molecule has 0 bridgehead atoms. The van der Waals surface area contributed by atoms with Gasteiger partial charge in [-0.25, -0.2) is 4.98 Å². The van der Waals surface area contributed by atoms with E-state index in [0.717, 1.165) is 14.9 Å². The van der Waals surface area contributed by atoms with Crippen molar-refractivity contribution in [2.75, 3.05) is 5.73 Å². The first kappa shape index (κ1) is 8.04. The fraction of sp³-hybridized carbons (Fsp3) is 0. The molecule has 62 valence electrons. The number of rotatable bonds is 1. The van der Waals surface area contributed by atoms with Gasteiger partial charge in [0.1, 0.15) is 0 Å². The van der Waals surface area contributed by atoms with E-state index in [0.29, 0.717) is 5.13 Å². The Kier molecular flexibility index (Phi) is 2.04. The van der Waals surface area contributed by atoms with Crippen molar-refractivity contribution >= 4 is 39.4 Å². The predicted octanol–water partition coefficient (Wildman–Crippen LogP) is 3.11. The molecular formula is C7H5ClN2S2. The Morgan fingerprint density at radius 2 is 2.25 bits per heavy atom. The molecule has 5 heteroatoms. The molecule has 0 saturated heterocycles. The molecule has 2 aromatic rings. The number of nitrogens with two attached hydrogens (primary N) is 1. The van der Waals surface area contributed by atoms with Gasteiger partial charge in [-0.15, -0.1) is 22.7 Å². The molecule has 0 amide bonds. The van der Waals surface area contributed by atoms with Crippen LogP contribution < -0.4 is 5.73 Å².